The van der Waals surface area contributed by atoms with Crippen LogP contribution in [0.15, 0.2) is 102 Å². The lowest BCUT2D eigenvalue weighted by Crippen LogP contribution is -2.54. The number of hydrogen-bond acceptors (Lipinski definition) is 6. The normalized spacial score (nSPS) is 24.0. The van der Waals surface area contributed by atoms with Gasteiger partial charge in [-0.1, -0.05) is 60.7 Å². The fourth-order valence-electron chi connectivity index (χ4n) is 6.86. The number of amides is 3. The van der Waals surface area contributed by atoms with Gasteiger partial charge in [0.05, 0.1) is 35.6 Å². The quantitative estimate of drug-likeness (QED) is 0.239. The van der Waals surface area contributed by atoms with Crippen molar-refractivity contribution in [1.82, 2.24) is 10.4 Å². The van der Waals surface area contributed by atoms with Crippen LogP contribution in [0.25, 0.3) is 0 Å². The molecule has 0 spiro atoms. The molecule has 2 bridgehead atoms. The van der Waals surface area contributed by atoms with E-state index in [9.17, 15) is 14.4 Å². The molecule has 3 amide bonds. The smallest absolute Gasteiger partial charge is 0.272 e. The number of methoxy groups -OCH3 is 1. The lowest BCUT2D eigenvalue weighted by atomic mass is 9.47. The molecule has 3 aromatic carbocycles. The number of aromatic nitrogens is 1. The number of pyridine rings is 1. The van der Waals surface area contributed by atoms with Gasteiger partial charge in [-0.15, -0.1) is 0 Å². The van der Waals surface area contributed by atoms with E-state index >= 15 is 0 Å². The summed E-state index contributed by atoms with van der Waals surface area (Å²) in [5.41, 5.74) is 6.08. The maximum Gasteiger partial charge on any atom is 0.272 e. The highest BCUT2D eigenvalue weighted by molar-refractivity contribution is 6.25. The summed E-state index contributed by atoms with van der Waals surface area (Å²) >= 11 is 0. The molecule has 2 heterocycles. The van der Waals surface area contributed by atoms with Crippen molar-refractivity contribution < 1.29 is 19.1 Å². The third-order valence-corrected chi connectivity index (χ3v) is 8.37. The van der Waals surface area contributed by atoms with Gasteiger partial charge in [-0.25, -0.2) is 10.3 Å². The van der Waals surface area contributed by atoms with E-state index in [0.717, 1.165) is 22.3 Å². The van der Waals surface area contributed by atoms with Crippen LogP contribution < -0.4 is 15.1 Å². The molecule has 8 heteroatoms. The van der Waals surface area contributed by atoms with Crippen LogP contribution in [-0.2, 0) is 15.0 Å². The van der Waals surface area contributed by atoms with Gasteiger partial charge in [0.1, 0.15) is 5.75 Å². The fraction of sp³-hybridized carbons (Fsp3) is 0.156. The Kier molecular flexibility index (Phi) is 5.38. The lowest BCUT2D eigenvalue weighted by Gasteiger charge is -2.52. The van der Waals surface area contributed by atoms with E-state index < -0.39 is 23.2 Å². The standard InChI is InChI=1S/C32H24N4O4/c1-40-25-15-7-6-14-24(25)36-30(38)27-26-20-10-2-4-12-22(20)32(28(27)31(36)39,23-13-5-3-11-21(23)26)18-34-35-29(37)19-9-8-16-33-17-19/h2-18,26-28H,1H3,(H,35,37)/b34-18-/t26?,27-,28+,32?/m1/s1. The highest BCUT2D eigenvalue weighted by atomic mass is 16.5. The second kappa shape index (κ2) is 8.98. The molecule has 0 saturated carbocycles. The van der Waals surface area contributed by atoms with Crippen LogP contribution in [-0.4, -0.2) is 36.0 Å². The number of anilines is 1. The van der Waals surface area contributed by atoms with E-state index in [0.29, 0.717) is 17.0 Å². The topological polar surface area (TPSA) is 101 Å². The largest absolute Gasteiger partial charge is 0.495 e. The molecule has 0 unspecified atom stereocenters. The Morgan fingerprint density at radius 1 is 0.925 bits per heavy atom. The van der Waals surface area contributed by atoms with Crippen LogP contribution in [0.2, 0.25) is 0 Å². The second-order valence-corrected chi connectivity index (χ2v) is 10.1. The van der Waals surface area contributed by atoms with Crippen molar-refractivity contribution >= 4 is 29.6 Å². The first-order valence-electron chi connectivity index (χ1n) is 13.0. The number of para-hydroxylation sites is 2. The number of ether oxygens (including phenoxy) is 1. The summed E-state index contributed by atoms with van der Waals surface area (Å²) in [5.74, 6) is -2.29. The molecule has 0 radical (unpaired) electrons. The van der Waals surface area contributed by atoms with E-state index in [1.165, 1.54) is 18.2 Å². The zero-order valence-electron chi connectivity index (χ0n) is 21.5. The highest BCUT2D eigenvalue weighted by Crippen LogP contribution is 2.63. The molecule has 4 aromatic rings. The van der Waals surface area contributed by atoms with Crippen LogP contribution in [0.1, 0.15) is 38.5 Å². The number of hydrazone groups is 1. The molecule has 40 heavy (non-hydrogen) atoms. The predicted molar refractivity (Wildman–Crippen MR) is 148 cm³/mol. The van der Waals surface area contributed by atoms with E-state index in [1.54, 1.807) is 48.8 Å². The first-order valence-corrected chi connectivity index (χ1v) is 13.0. The summed E-state index contributed by atoms with van der Waals surface area (Å²) in [4.78, 5) is 46.8. The molecular weight excluding hydrogens is 504 g/mol. The van der Waals surface area contributed by atoms with Crippen molar-refractivity contribution in [1.29, 1.82) is 0 Å². The van der Waals surface area contributed by atoms with Crippen LogP contribution in [0, 0.1) is 11.8 Å². The third kappa shape index (κ3) is 3.16. The Morgan fingerprint density at radius 2 is 1.60 bits per heavy atom. The number of imide groups is 1. The van der Waals surface area contributed by atoms with E-state index in [-0.39, 0.29) is 17.7 Å². The Labute approximate surface area is 230 Å². The summed E-state index contributed by atoms with van der Waals surface area (Å²) in [6.45, 7) is 0. The molecule has 3 aliphatic carbocycles. The molecular formula is C32H24N4O4. The first kappa shape index (κ1) is 24.0. The molecule has 4 aliphatic rings. The van der Waals surface area contributed by atoms with Crippen LogP contribution in [0.5, 0.6) is 5.75 Å². The summed E-state index contributed by atoms with van der Waals surface area (Å²) in [7, 11) is 1.52. The van der Waals surface area contributed by atoms with Gasteiger partial charge < -0.3 is 4.74 Å². The highest BCUT2D eigenvalue weighted by Gasteiger charge is 2.68. The van der Waals surface area contributed by atoms with Crippen LogP contribution in [0.3, 0.4) is 0 Å². The van der Waals surface area contributed by atoms with Crippen molar-refractivity contribution in [3.63, 3.8) is 0 Å². The number of hydrogen-bond donors (Lipinski definition) is 1. The summed E-state index contributed by atoms with van der Waals surface area (Å²) in [6.07, 6.45) is 4.69. The molecule has 1 aromatic heterocycles. The molecule has 1 saturated heterocycles. The second-order valence-electron chi connectivity index (χ2n) is 10.1. The zero-order valence-corrected chi connectivity index (χ0v) is 21.5. The van der Waals surface area contributed by atoms with Gasteiger partial charge in [-0.05, 0) is 46.5 Å². The van der Waals surface area contributed by atoms with Crippen molar-refractivity contribution in [2.24, 2.45) is 16.9 Å². The monoisotopic (exact) mass is 528 g/mol. The van der Waals surface area contributed by atoms with Gasteiger partial charge in [-0.3, -0.25) is 19.4 Å². The number of carbonyl (C=O) groups is 3. The molecule has 196 valence electrons. The molecule has 2 atom stereocenters. The van der Waals surface area contributed by atoms with Gasteiger partial charge in [0.25, 0.3) is 5.91 Å². The first-order chi connectivity index (χ1) is 19.6. The van der Waals surface area contributed by atoms with Crippen LogP contribution >= 0.6 is 0 Å². The lowest BCUT2D eigenvalue weighted by molar-refractivity contribution is -0.122. The molecule has 8 rings (SSSR count). The SMILES string of the molecule is COc1ccccc1N1C(=O)[C@@H]2C3c4ccccc4C(/C=N\NC(=O)c4cccnc4)(c4ccccc43)[C@@H]2C1=O. The van der Waals surface area contributed by atoms with Crippen molar-refractivity contribution in [2.75, 3.05) is 12.0 Å². The average Bonchev–Trinajstić information content (AvgIpc) is 3.28. The van der Waals surface area contributed by atoms with Crippen molar-refractivity contribution in [3.05, 3.63) is 125 Å². The van der Waals surface area contributed by atoms with E-state index in [1.807, 2.05) is 48.5 Å². The van der Waals surface area contributed by atoms with Crippen LogP contribution in [0.4, 0.5) is 5.69 Å². The third-order valence-electron chi connectivity index (χ3n) is 8.37. The average molecular weight is 529 g/mol. The summed E-state index contributed by atoms with van der Waals surface area (Å²) in [6, 6.07) is 26.2. The van der Waals surface area contributed by atoms with Crippen molar-refractivity contribution in [3.8, 4) is 5.75 Å². The van der Waals surface area contributed by atoms with Gasteiger partial charge in [0.2, 0.25) is 11.8 Å². The zero-order chi connectivity index (χ0) is 27.4. The Bertz CT molecular complexity index is 1670. The predicted octanol–water partition coefficient (Wildman–Crippen LogP) is 4.06. The van der Waals surface area contributed by atoms with Gasteiger partial charge >= 0.3 is 0 Å². The van der Waals surface area contributed by atoms with Crippen molar-refractivity contribution in [2.45, 2.75) is 11.3 Å². The summed E-state index contributed by atoms with van der Waals surface area (Å²) < 4.78 is 5.53. The summed E-state index contributed by atoms with van der Waals surface area (Å²) in [5, 5.41) is 4.43. The minimum absolute atomic E-state index is 0.273. The minimum atomic E-state index is -1.08. The molecule has 8 nitrogen and oxygen atoms in total. The Morgan fingerprint density at radius 3 is 2.27 bits per heavy atom. The number of nitrogens with zero attached hydrogens (tertiary/aromatic N) is 3. The van der Waals surface area contributed by atoms with Gasteiger partial charge in [0.15, 0.2) is 0 Å². The minimum Gasteiger partial charge on any atom is -0.495 e. The molecule has 1 aliphatic heterocycles. The molecule has 1 N–H and O–H groups in total. The number of rotatable bonds is 5. The van der Waals surface area contributed by atoms with Gasteiger partial charge in [-0.2, -0.15) is 5.10 Å². The number of carbonyl (C=O) groups excluding carboxylic acids is 3. The Hall–Kier alpha value is -5.11. The maximum absolute atomic E-state index is 14.4. The maximum atomic E-state index is 14.4. The fourth-order valence-corrected chi connectivity index (χ4v) is 6.86. The Balaban J connectivity index is 1.42. The van der Waals surface area contributed by atoms with E-state index in [4.69, 9.17) is 4.74 Å². The van der Waals surface area contributed by atoms with E-state index in [2.05, 4.69) is 15.5 Å². The molecule has 1 fully saturated rings. The van der Waals surface area contributed by atoms with Gasteiger partial charge in [0, 0.05) is 24.5 Å². The number of nitrogens with one attached hydrogen (secondary N) is 1. The number of benzene rings is 3.